The number of hydrogen-bond acceptors (Lipinski definition) is 3. The molecule has 0 bridgehead atoms. The fourth-order valence-corrected chi connectivity index (χ4v) is 2.76. The van der Waals surface area contributed by atoms with Crippen molar-refractivity contribution in [2.45, 2.75) is 4.90 Å². The molecule has 2 aromatic carbocycles. The SMILES string of the molecule is COC/C(=C(\C=O)c1ccccc1)c1ccc(S(C)=O)cc1. The fourth-order valence-electron chi connectivity index (χ4n) is 2.24. The molecule has 114 valence electrons. The summed E-state index contributed by atoms with van der Waals surface area (Å²) in [5, 5.41) is 0. The van der Waals surface area contributed by atoms with Crippen LogP contribution in [0.1, 0.15) is 11.1 Å². The molecule has 2 rings (SSSR count). The molecule has 2 aromatic rings. The molecule has 1 unspecified atom stereocenters. The van der Waals surface area contributed by atoms with E-state index >= 15 is 0 Å². The van der Waals surface area contributed by atoms with Crippen LogP contribution in [0.25, 0.3) is 11.1 Å². The molecule has 0 aliphatic carbocycles. The highest BCUT2D eigenvalue weighted by Gasteiger charge is 2.11. The van der Waals surface area contributed by atoms with Crippen LogP contribution in [0.5, 0.6) is 0 Å². The van der Waals surface area contributed by atoms with E-state index in [4.69, 9.17) is 4.74 Å². The molecule has 0 aliphatic heterocycles. The van der Waals surface area contributed by atoms with E-state index in [0.29, 0.717) is 12.2 Å². The Hall–Kier alpha value is -2.04. The number of allylic oxidation sites excluding steroid dienone is 1. The first-order valence-corrected chi connectivity index (χ1v) is 8.39. The molecular weight excluding hydrogens is 296 g/mol. The number of methoxy groups -OCH3 is 1. The molecule has 0 aliphatic rings. The lowest BCUT2D eigenvalue weighted by molar-refractivity contribution is -0.103. The van der Waals surface area contributed by atoms with Crippen LogP contribution in [-0.2, 0) is 20.3 Å². The smallest absolute Gasteiger partial charge is 0.151 e. The van der Waals surface area contributed by atoms with Crippen molar-refractivity contribution < 1.29 is 13.7 Å². The van der Waals surface area contributed by atoms with Crippen LogP contribution in [-0.4, -0.2) is 30.5 Å². The predicted octanol–water partition coefficient (Wildman–Crippen LogP) is 3.18. The van der Waals surface area contributed by atoms with Gasteiger partial charge in [-0.3, -0.25) is 9.00 Å². The Kier molecular flexibility index (Phi) is 5.81. The summed E-state index contributed by atoms with van der Waals surface area (Å²) in [6.07, 6.45) is 2.50. The molecule has 4 heteroatoms. The molecular formula is C18H18O3S. The average Bonchev–Trinajstić information content (AvgIpc) is 2.56. The predicted molar refractivity (Wildman–Crippen MR) is 90.0 cm³/mol. The summed E-state index contributed by atoms with van der Waals surface area (Å²) in [5.41, 5.74) is 3.17. The fraction of sp³-hybridized carbons (Fsp3) is 0.167. The molecule has 0 aromatic heterocycles. The maximum atomic E-state index is 11.6. The Morgan fingerprint density at radius 3 is 2.18 bits per heavy atom. The summed E-state index contributed by atoms with van der Waals surface area (Å²) in [4.78, 5) is 12.4. The van der Waals surface area contributed by atoms with Gasteiger partial charge in [-0.05, 0) is 28.8 Å². The van der Waals surface area contributed by atoms with E-state index in [0.717, 1.165) is 27.9 Å². The monoisotopic (exact) mass is 314 g/mol. The maximum Gasteiger partial charge on any atom is 0.151 e. The summed E-state index contributed by atoms with van der Waals surface area (Å²) in [5.74, 6) is 0. The van der Waals surface area contributed by atoms with Crippen LogP contribution in [0, 0.1) is 0 Å². The van der Waals surface area contributed by atoms with Crippen molar-refractivity contribution in [3.63, 3.8) is 0 Å². The van der Waals surface area contributed by atoms with E-state index in [1.54, 1.807) is 13.4 Å². The molecule has 0 spiro atoms. The van der Waals surface area contributed by atoms with Crippen molar-refractivity contribution in [3.8, 4) is 0 Å². The first kappa shape index (κ1) is 16.3. The third-order valence-corrected chi connectivity index (χ3v) is 4.29. The highest BCUT2D eigenvalue weighted by atomic mass is 32.2. The van der Waals surface area contributed by atoms with Crippen LogP contribution >= 0.6 is 0 Å². The van der Waals surface area contributed by atoms with Crippen LogP contribution < -0.4 is 0 Å². The Labute approximate surface area is 133 Å². The minimum Gasteiger partial charge on any atom is -0.380 e. The molecule has 0 saturated carbocycles. The Morgan fingerprint density at radius 2 is 1.68 bits per heavy atom. The zero-order valence-corrected chi connectivity index (χ0v) is 13.4. The molecule has 0 saturated heterocycles. The van der Waals surface area contributed by atoms with Crippen LogP contribution in [0.2, 0.25) is 0 Å². The molecule has 22 heavy (non-hydrogen) atoms. The van der Waals surface area contributed by atoms with Crippen molar-refractivity contribution in [2.24, 2.45) is 0 Å². The lowest BCUT2D eigenvalue weighted by Gasteiger charge is -2.12. The second kappa shape index (κ2) is 7.82. The van der Waals surface area contributed by atoms with Gasteiger partial charge in [0, 0.05) is 34.6 Å². The average molecular weight is 314 g/mol. The van der Waals surface area contributed by atoms with Gasteiger partial charge in [-0.2, -0.15) is 0 Å². The summed E-state index contributed by atoms with van der Waals surface area (Å²) in [6, 6.07) is 16.9. The quantitative estimate of drug-likeness (QED) is 0.467. The highest BCUT2D eigenvalue weighted by molar-refractivity contribution is 7.84. The summed E-state index contributed by atoms with van der Waals surface area (Å²) in [6.45, 7) is 0.331. The van der Waals surface area contributed by atoms with Gasteiger partial charge < -0.3 is 4.74 Å². The summed E-state index contributed by atoms with van der Waals surface area (Å²) < 4.78 is 16.7. The van der Waals surface area contributed by atoms with Crippen molar-refractivity contribution in [1.29, 1.82) is 0 Å². The number of rotatable bonds is 6. The van der Waals surface area contributed by atoms with Crippen LogP contribution in [0.3, 0.4) is 0 Å². The van der Waals surface area contributed by atoms with Gasteiger partial charge in [-0.15, -0.1) is 0 Å². The van der Waals surface area contributed by atoms with E-state index in [1.165, 1.54) is 0 Å². The normalized spacial score (nSPS) is 13.4. The highest BCUT2D eigenvalue weighted by Crippen LogP contribution is 2.26. The van der Waals surface area contributed by atoms with Crippen molar-refractivity contribution in [1.82, 2.24) is 0 Å². The van der Waals surface area contributed by atoms with Crippen molar-refractivity contribution >= 4 is 28.2 Å². The van der Waals surface area contributed by atoms with Gasteiger partial charge in [0.25, 0.3) is 0 Å². The number of aldehydes is 1. The molecule has 0 heterocycles. The molecule has 3 nitrogen and oxygen atoms in total. The largest absolute Gasteiger partial charge is 0.380 e. The topological polar surface area (TPSA) is 43.4 Å². The van der Waals surface area contributed by atoms with Gasteiger partial charge in [0.15, 0.2) is 6.29 Å². The van der Waals surface area contributed by atoms with Crippen molar-refractivity contribution in [3.05, 3.63) is 65.7 Å². The lowest BCUT2D eigenvalue weighted by Crippen LogP contribution is -2.01. The number of carbonyl (C=O) groups is 1. The Bertz CT molecular complexity index is 688. The third kappa shape index (κ3) is 3.78. The van der Waals surface area contributed by atoms with Gasteiger partial charge in [0.05, 0.1) is 6.61 Å². The van der Waals surface area contributed by atoms with E-state index in [9.17, 15) is 9.00 Å². The third-order valence-electron chi connectivity index (χ3n) is 3.35. The zero-order valence-electron chi connectivity index (χ0n) is 12.6. The zero-order chi connectivity index (χ0) is 15.9. The van der Waals surface area contributed by atoms with Gasteiger partial charge in [0.1, 0.15) is 0 Å². The van der Waals surface area contributed by atoms with Crippen LogP contribution in [0.4, 0.5) is 0 Å². The second-order valence-corrected chi connectivity index (χ2v) is 6.17. The number of benzene rings is 2. The summed E-state index contributed by atoms with van der Waals surface area (Å²) in [7, 11) is 0.581. The Morgan fingerprint density at radius 1 is 1.05 bits per heavy atom. The molecule has 0 N–H and O–H groups in total. The first-order chi connectivity index (χ1) is 10.7. The Balaban J connectivity index is 2.54. The van der Waals surface area contributed by atoms with E-state index < -0.39 is 10.8 Å². The van der Waals surface area contributed by atoms with Gasteiger partial charge in [0.2, 0.25) is 0 Å². The van der Waals surface area contributed by atoms with Gasteiger partial charge in [-0.25, -0.2) is 0 Å². The minimum atomic E-state index is -1.02. The molecule has 1 atom stereocenters. The molecule has 0 radical (unpaired) electrons. The van der Waals surface area contributed by atoms with E-state index in [1.807, 2.05) is 54.6 Å². The van der Waals surface area contributed by atoms with E-state index in [2.05, 4.69) is 0 Å². The van der Waals surface area contributed by atoms with Gasteiger partial charge >= 0.3 is 0 Å². The molecule has 0 amide bonds. The number of ether oxygens (including phenoxy) is 1. The second-order valence-electron chi connectivity index (χ2n) is 4.79. The van der Waals surface area contributed by atoms with E-state index in [-0.39, 0.29) is 0 Å². The summed E-state index contributed by atoms with van der Waals surface area (Å²) >= 11 is 0. The minimum absolute atomic E-state index is 0.331. The lowest BCUT2D eigenvalue weighted by atomic mass is 9.96. The first-order valence-electron chi connectivity index (χ1n) is 6.84. The number of hydrogen-bond donors (Lipinski definition) is 0. The van der Waals surface area contributed by atoms with Gasteiger partial charge in [-0.1, -0.05) is 42.5 Å². The molecule has 0 fully saturated rings. The standard InChI is InChI=1S/C18H18O3S/c1-21-13-18(15-8-10-16(11-9-15)22(2)20)17(12-19)14-6-4-3-5-7-14/h3-12H,13H2,1-2H3/b18-17-. The van der Waals surface area contributed by atoms with Crippen molar-refractivity contribution in [2.75, 3.05) is 20.0 Å². The number of carbonyl (C=O) groups excluding carboxylic acids is 1. The van der Waals surface area contributed by atoms with Crippen LogP contribution in [0.15, 0.2) is 59.5 Å². The maximum absolute atomic E-state index is 11.6.